The van der Waals surface area contributed by atoms with Gasteiger partial charge in [0.25, 0.3) is 0 Å². The van der Waals surface area contributed by atoms with Crippen LogP contribution in [0.5, 0.6) is 0 Å². The third kappa shape index (κ3) is 4.54. The Bertz CT molecular complexity index is 503. The largest absolute Gasteiger partial charge is 0.480 e. The molecule has 0 amide bonds. The maximum Gasteiger partial charge on any atom is 0.318 e. The van der Waals surface area contributed by atoms with Crippen molar-refractivity contribution in [1.29, 1.82) is 0 Å². The zero-order valence-corrected chi connectivity index (χ0v) is 11.7. The molecule has 0 aromatic heterocycles. The minimum Gasteiger partial charge on any atom is -0.480 e. The molecular formula is C9H17NO6S2. The molecule has 0 atom stereocenters. The van der Waals surface area contributed by atoms with Crippen molar-refractivity contribution in [1.82, 2.24) is 4.31 Å². The molecule has 0 spiro atoms. The Hall–Kier alpha value is -0.670. The number of sulfonamides is 1. The summed E-state index contributed by atoms with van der Waals surface area (Å²) in [7, 11) is -7.81. The van der Waals surface area contributed by atoms with Gasteiger partial charge in [0.15, 0.2) is 14.9 Å². The van der Waals surface area contributed by atoms with E-state index in [2.05, 4.69) is 0 Å². The summed E-state index contributed by atoms with van der Waals surface area (Å²) in [4.78, 5) is 10.7. The molecule has 1 saturated carbocycles. The lowest BCUT2D eigenvalue weighted by Crippen LogP contribution is -2.44. The highest BCUT2D eigenvalue weighted by Gasteiger charge is 2.35. The van der Waals surface area contributed by atoms with Gasteiger partial charge in [-0.05, 0) is 12.8 Å². The van der Waals surface area contributed by atoms with Crippen molar-refractivity contribution >= 4 is 25.8 Å². The normalized spacial score (nSPS) is 18.3. The first-order valence-electron chi connectivity index (χ1n) is 5.51. The van der Waals surface area contributed by atoms with Crippen LogP contribution in [-0.4, -0.2) is 56.1 Å². The van der Waals surface area contributed by atoms with Gasteiger partial charge in [0, 0.05) is 12.3 Å². The molecule has 0 bridgehead atoms. The number of carboxylic acid groups (broad SMARTS) is 1. The van der Waals surface area contributed by atoms with Crippen molar-refractivity contribution in [3.05, 3.63) is 0 Å². The highest BCUT2D eigenvalue weighted by Crippen LogP contribution is 2.26. The van der Waals surface area contributed by atoms with Gasteiger partial charge in [-0.15, -0.1) is 0 Å². The fourth-order valence-corrected chi connectivity index (χ4v) is 5.80. The average Bonchev–Trinajstić information content (AvgIpc) is 2.61. The lowest BCUT2D eigenvalue weighted by atomic mass is 10.2. The molecule has 1 aliphatic rings. The Balaban J connectivity index is 2.97. The number of aliphatic carboxylic acids is 1. The van der Waals surface area contributed by atoms with Crippen molar-refractivity contribution < 1.29 is 26.7 Å². The summed E-state index contributed by atoms with van der Waals surface area (Å²) in [5.74, 6) is -1.28. The molecule has 0 saturated heterocycles. The van der Waals surface area contributed by atoms with E-state index < -0.39 is 43.5 Å². The van der Waals surface area contributed by atoms with Gasteiger partial charge in [-0.3, -0.25) is 4.79 Å². The molecule has 0 aliphatic heterocycles. The standard InChI is InChI=1S/C9H17NO6S2/c1-17(13,14)7-18(15,16)10(6-9(11)12)8-4-2-3-5-8/h8H,2-7H2,1H3,(H,11,12). The van der Waals surface area contributed by atoms with E-state index in [4.69, 9.17) is 5.11 Å². The molecule has 0 radical (unpaired) electrons. The molecule has 106 valence electrons. The summed E-state index contributed by atoms with van der Waals surface area (Å²) >= 11 is 0. The van der Waals surface area contributed by atoms with Crippen molar-refractivity contribution in [2.45, 2.75) is 31.7 Å². The monoisotopic (exact) mass is 299 g/mol. The van der Waals surface area contributed by atoms with Crippen LogP contribution in [-0.2, 0) is 24.7 Å². The molecule has 18 heavy (non-hydrogen) atoms. The molecule has 0 unspecified atom stereocenters. The van der Waals surface area contributed by atoms with E-state index >= 15 is 0 Å². The Kier molecular flexibility index (Phi) is 4.73. The number of hydrogen-bond acceptors (Lipinski definition) is 5. The molecule has 1 rings (SSSR count). The summed E-state index contributed by atoms with van der Waals surface area (Å²) in [6.45, 7) is -0.678. The topological polar surface area (TPSA) is 109 Å². The third-order valence-corrected chi connectivity index (χ3v) is 6.79. The highest BCUT2D eigenvalue weighted by molar-refractivity contribution is 8.06. The molecule has 7 nitrogen and oxygen atoms in total. The molecule has 9 heteroatoms. The zero-order valence-electron chi connectivity index (χ0n) is 10.1. The summed E-state index contributed by atoms with van der Waals surface area (Å²) < 4.78 is 46.9. The van der Waals surface area contributed by atoms with E-state index in [-0.39, 0.29) is 0 Å². The molecule has 1 N–H and O–H groups in total. The second kappa shape index (κ2) is 5.54. The lowest BCUT2D eigenvalue weighted by Gasteiger charge is -2.25. The SMILES string of the molecule is CS(=O)(=O)CS(=O)(=O)N(CC(=O)O)C1CCCC1. The number of carboxylic acids is 1. The maximum atomic E-state index is 12.0. The number of carbonyl (C=O) groups is 1. The fourth-order valence-electron chi connectivity index (χ4n) is 2.12. The predicted molar refractivity (Wildman–Crippen MR) is 65.2 cm³/mol. The Morgan fingerprint density at radius 3 is 2.11 bits per heavy atom. The van der Waals surface area contributed by atoms with Gasteiger partial charge >= 0.3 is 5.97 Å². The van der Waals surface area contributed by atoms with Crippen molar-refractivity contribution in [3.63, 3.8) is 0 Å². The summed E-state index contributed by atoms with van der Waals surface area (Å²) in [6.07, 6.45) is 3.63. The molecule has 0 heterocycles. The van der Waals surface area contributed by atoms with Gasteiger partial charge in [-0.2, -0.15) is 4.31 Å². The number of rotatable bonds is 6. The van der Waals surface area contributed by atoms with E-state index in [1.807, 2.05) is 0 Å². The first-order chi connectivity index (χ1) is 8.12. The molecular weight excluding hydrogens is 282 g/mol. The summed E-state index contributed by atoms with van der Waals surface area (Å²) in [6, 6.07) is -0.396. The Morgan fingerprint density at radius 2 is 1.72 bits per heavy atom. The second-order valence-electron chi connectivity index (χ2n) is 4.53. The minimum atomic E-state index is -4.09. The van der Waals surface area contributed by atoms with Crippen LogP contribution in [0.3, 0.4) is 0 Å². The van der Waals surface area contributed by atoms with Crippen LogP contribution in [0.15, 0.2) is 0 Å². The van der Waals surface area contributed by atoms with Gasteiger partial charge in [-0.25, -0.2) is 16.8 Å². The summed E-state index contributed by atoms with van der Waals surface area (Å²) in [5, 5.41) is 7.71. The van der Waals surface area contributed by atoms with E-state index in [0.717, 1.165) is 23.4 Å². The smallest absolute Gasteiger partial charge is 0.318 e. The minimum absolute atomic E-state index is 0.396. The highest BCUT2D eigenvalue weighted by atomic mass is 32.3. The summed E-state index contributed by atoms with van der Waals surface area (Å²) in [5.41, 5.74) is 0. The van der Waals surface area contributed by atoms with Gasteiger partial charge in [0.1, 0.15) is 6.54 Å². The Morgan fingerprint density at radius 1 is 1.22 bits per heavy atom. The first kappa shape index (κ1) is 15.4. The van der Waals surface area contributed by atoms with Crippen LogP contribution < -0.4 is 0 Å². The van der Waals surface area contributed by atoms with E-state index in [9.17, 15) is 21.6 Å². The van der Waals surface area contributed by atoms with E-state index in [0.29, 0.717) is 12.8 Å². The first-order valence-corrected chi connectivity index (χ1v) is 9.18. The zero-order chi connectivity index (χ0) is 14.0. The second-order valence-corrected chi connectivity index (χ2v) is 8.96. The van der Waals surface area contributed by atoms with Crippen molar-refractivity contribution in [2.75, 3.05) is 17.9 Å². The van der Waals surface area contributed by atoms with Gasteiger partial charge < -0.3 is 5.11 Å². The van der Waals surface area contributed by atoms with Crippen LogP contribution in [0.1, 0.15) is 25.7 Å². The van der Waals surface area contributed by atoms with Gasteiger partial charge in [0.2, 0.25) is 10.0 Å². The van der Waals surface area contributed by atoms with Gasteiger partial charge in [-0.1, -0.05) is 12.8 Å². The van der Waals surface area contributed by atoms with Crippen molar-refractivity contribution in [3.8, 4) is 0 Å². The maximum absolute atomic E-state index is 12.0. The lowest BCUT2D eigenvalue weighted by molar-refractivity contribution is -0.137. The quantitative estimate of drug-likeness (QED) is 0.718. The van der Waals surface area contributed by atoms with Crippen LogP contribution in [0.4, 0.5) is 0 Å². The van der Waals surface area contributed by atoms with Crippen LogP contribution in [0, 0.1) is 0 Å². The van der Waals surface area contributed by atoms with Crippen LogP contribution >= 0.6 is 0 Å². The molecule has 1 fully saturated rings. The number of nitrogens with zero attached hydrogens (tertiary/aromatic N) is 1. The van der Waals surface area contributed by atoms with Crippen molar-refractivity contribution in [2.24, 2.45) is 0 Å². The number of sulfone groups is 1. The average molecular weight is 299 g/mol. The molecule has 0 aromatic rings. The number of hydrogen-bond donors (Lipinski definition) is 1. The predicted octanol–water partition coefficient (Wildman–Crippen LogP) is -0.352. The van der Waals surface area contributed by atoms with Crippen LogP contribution in [0.2, 0.25) is 0 Å². The van der Waals surface area contributed by atoms with E-state index in [1.54, 1.807) is 0 Å². The van der Waals surface area contributed by atoms with E-state index in [1.165, 1.54) is 0 Å². The molecule has 1 aliphatic carbocycles. The third-order valence-electron chi connectivity index (χ3n) is 2.74. The fraction of sp³-hybridized carbons (Fsp3) is 0.889. The molecule has 0 aromatic carbocycles. The van der Waals surface area contributed by atoms with Gasteiger partial charge in [0.05, 0.1) is 0 Å². The Labute approximate surface area is 107 Å². The van der Waals surface area contributed by atoms with Crippen LogP contribution in [0.25, 0.3) is 0 Å².